The molecule has 23 heavy (non-hydrogen) atoms. The molecule has 8 heteroatoms. The molecule has 0 bridgehead atoms. The lowest BCUT2D eigenvalue weighted by Crippen LogP contribution is -2.44. The predicted octanol–water partition coefficient (Wildman–Crippen LogP) is 0.845. The molecule has 0 aromatic carbocycles. The normalized spacial score (nSPS) is 16.7. The second-order valence-electron chi connectivity index (χ2n) is 6.44. The van der Waals surface area contributed by atoms with Crippen LogP contribution in [0.25, 0.3) is 11.4 Å². The van der Waals surface area contributed by atoms with Crippen molar-refractivity contribution in [2.75, 3.05) is 13.1 Å². The number of nitrogens with one attached hydrogen (secondary N) is 1. The number of nitrogens with zero attached hydrogens (tertiary/aromatic N) is 4. The molecule has 3 rings (SSSR count). The van der Waals surface area contributed by atoms with Crippen molar-refractivity contribution in [2.24, 2.45) is 7.05 Å². The van der Waals surface area contributed by atoms with Gasteiger partial charge in [0.15, 0.2) is 0 Å². The van der Waals surface area contributed by atoms with Crippen molar-refractivity contribution in [1.29, 1.82) is 0 Å². The molecule has 0 amide bonds. The Kier molecular flexibility index (Phi) is 3.93. The summed E-state index contributed by atoms with van der Waals surface area (Å²) in [5.74, 6) is 0.671. The maximum absolute atomic E-state index is 12.0. The Balaban J connectivity index is 1.95. The molecule has 2 aromatic rings. The van der Waals surface area contributed by atoms with Crippen LogP contribution >= 0.6 is 0 Å². The van der Waals surface area contributed by atoms with Crippen molar-refractivity contribution in [1.82, 2.24) is 24.6 Å². The number of hydrogen-bond donors (Lipinski definition) is 1. The molecule has 1 saturated heterocycles. The maximum atomic E-state index is 12.0. The smallest absolute Gasteiger partial charge is 0.328 e. The summed E-state index contributed by atoms with van der Waals surface area (Å²) in [5.41, 5.74) is -1.16. The van der Waals surface area contributed by atoms with Crippen LogP contribution in [0, 0.1) is 0 Å². The van der Waals surface area contributed by atoms with Gasteiger partial charge in [-0.15, -0.1) is 0 Å². The highest BCUT2D eigenvalue weighted by atomic mass is 16.5. The Labute approximate surface area is 133 Å². The first-order chi connectivity index (χ1) is 10.9. The largest absolute Gasteiger partial charge is 0.337 e. The number of aromatic amines is 1. The molecule has 1 fully saturated rings. The minimum absolute atomic E-state index is 0.196. The SMILES string of the molecule is Cn1cc(-c2noc(C(C)(C)N3CCCCC3)n2)c(=O)[nH]c1=O. The van der Waals surface area contributed by atoms with Gasteiger partial charge in [-0.3, -0.25) is 14.7 Å². The first-order valence-electron chi connectivity index (χ1n) is 7.79. The Bertz CT molecular complexity index is 811. The summed E-state index contributed by atoms with van der Waals surface area (Å²) < 4.78 is 6.70. The summed E-state index contributed by atoms with van der Waals surface area (Å²) in [4.78, 5) is 32.3. The molecule has 1 aliphatic rings. The maximum Gasteiger partial charge on any atom is 0.328 e. The van der Waals surface area contributed by atoms with Gasteiger partial charge in [-0.2, -0.15) is 4.98 Å². The molecule has 0 saturated carbocycles. The summed E-state index contributed by atoms with van der Waals surface area (Å²) in [7, 11) is 1.56. The molecule has 124 valence electrons. The van der Waals surface area contributed by atoms with Crippen molar-refractivity contribution in [3.63, 3.8) is 0 Å². The van der Waals surface area contributed by atoms with E-state index in [0.29, 0.717) is 5.89 Å². The van der Waals surface area contributed by atoms with Crippen LogP contribution in [0.1, 0.15) is 39.0 Å². The lowest BCUT2D eigenvalue weighted by Gasteiger charge is -2.38. The van der Waals surface area contributed by atoms with E-state index in [4.69, 9.17) is 4.52 Å². The first kappa shape index (κ1) is 15.7. The van der Waals surface area contributed by atoms with Crippen molar-refractivity contribution in [2.45, 2.75) is 38.6 Å². The van der Waals surface area contributed by atoms with E-state index in [1.165, 1.54) is 17.2 Å². The van der Waals surface area contributed by atoms with Gasteiger partial charge in [0.25, 0.3) is 5.56 Å². The molecular formula is C15H21N5O3. The van der Waals surface area contributed by atoms with E-state index in [0.717, 1.165) is 25.9 Å². The van der Waals surface area contributed by atoms with Gasteiger partial charge in [-0.25, -0.2) is 4.79 Å². The zero-order valence-electron chi connectivity index (χ0n) is 13.6. The van der Waals surface area contributed by atoms with E-state index in [1.807, 2.05) is 13.8 Å². The third-order valence-corrected chi connectivity index (χ3v) is 4.45. The quantitative estimate of drug-likeness (QED) is 0.900. The minimum Gasteiger partial charge on any atom is -0.337 e. The first-order valence-corrected chi connectivity index (χ1v) is 7.79. The van der Waals surface area contributed by atoms with E-state index in [9.17, 15) is 9.59 Å². The van der Waals surface area contributed by atoms with Crippen LogP contribution in [0.5, 0.6) is 0 Å². The molecule has 0 aliphatic carbocycles. The Morgan fingerprint density at radius 3 is 2.61 bits per heavy atom. The average Bonchev–Trinajstić information content (AvgIpc) is 3.02. The van der Waals surface area contributed by atoms with Crippen LogP contribution in [-0.4, -0.2) is 37.7 Å². The van der Waals surface area contributed by atoms with Crippen LogP contribution < -0.4 is 11.2 Å². The highest BCUT2D eigenvalue weighted by Gasteiger charge is 2.35. The molecule has 1 aliphatic heterocycles. The van der Waals surface area contributed by atoms with Gasteiger partial charge in [0.1, 0.15) is 5.56 Å². The zero-order chi connectivity index (χ0) is 16.6. The third kappa shape index (κ3) is 2.86. The second-order valence-corrected chi connectivity index (χ2v) is 6.44. The zero-order valence-corrected chi connectivity index (χ0v) is 13.6. The fourth-order valence-electron chi connectivity index (χ4n) is 2.89. The number of H-pyrrole nitrogens is 1. The summed E-state index contributed by atoms with van der Waals surface area (Å²) in [6, 6.07) is 0. The lowest BCUT2D eigenvalue weighted by molar-refractivity contribution is 0.0651. The topological polar surface area (TPSA) is 97.0 Å². The van der Waals surface area contributed by atoms with Crippen LogP contribution in [0.2, 0.25) is 0 Å². The third-order valence-electron chi connectivity index (χ3n) is 4.45. The van der Waals surface area contributed by atoms with E-state index >= 15 is 0 Å². The van der Waals surface area contributed by atoms with E-state index in [1.54, 1.807) is 7.05 Å². The number of piperidine rings is 1. The van der Waals surface area contributed by atoms with Crippen LogP contribution in [-0.2, 0) is 12.6 Å². The van der Waals surface area contributed by atoms with Crippen LogP contribution in [0.4, 0.5) is 0 Å². The highest BCUT2D eigenvalue weighted by molar-refractivity contribution is 5.50. The van der Waals surface area contributed by atoms with Gasteiger partial charge >= 0.3 is 5.69 Å². The number of aryl methyl sites for hydroxylation is 1. The Hall–Kier alpha value is -2.22. The lowest BCUT2D eigenvalue weighted by atomic mass is 9.98. The van der Waals surface area contributed by atoms with Crippen molar-refractivity contribution in [3.8, 4) is 11.4 Å². The van der Waals surface area contributed by atoms with E-state index < -0.39 is 11.2 Å². The van der Waals surface area contributed by atoms with Crippen LogP contribution in [0.3, 0.4) is 0 Å². The van der Waals surface area contributed by atoms with Gasteiger partial charge in [0.2, 0.25) is 11.7 Å². The van der Waals surface area contributed by atoms with Crippen LogP contribution in [0.15, 0.2) is 20.3 Å². The molecule has 2 aromatic heterocycles. The fraction of sp³-hybridized carbons (Fsp3) is 0.600. The molecule has 0 radical (unpaired) electrons. The van der Waals surface area contributed by atoms with E-state index in [2.05, 4.69) is 20.0 Å². The summed E-state index contributed by atoms with van der Waals surface area (Å²) in [6.07, 6.45) is 4.98. The molecular weight excluding hydrogens is 298 g/mol. The summed E-state index contributed by atoms with van der Waals surface area (Å²) in [5, 5.41) is 3.93. The standard InChI is InChI=1S/C15H21N5O3/c1-15(2,20-7-5-4-6-8-20)13-16-11(18-23-13)10-9-19(3)14(22)17-12(10)21/h9H,4-8H2,1-3H3,(H,17,21,22). The van der Waals surface area contributed by atoms with Crippen molar-refractivity contribution < 1.29 is 4.52 Å². The number of hydrogen-bond acceptors (Lipinski definition) is 6. The monoisotopic (exact) mass is 319 g/mol. The molecule has 8 nitrogen and oxygen atoms in total. The van der Waals surface area contributed by atoms with E-state index in [-0.39, 0.29) is 16.9 Å². The fourth-order valence-corrected chi connectivity index (χ4v) is 2.89. The van der Waals surface area contributed by atoms with Crippen molar-refractivity contribution >= 4 is 0 Å². The Morgan fingerprint density at radius 2 is 1.91 bits per heavy atom. The molecule has 0 atom stereocenters. The summed E-state index contributed by atoms with van der Waals surface area (Å²) in [6.45, 7) is 6.07. The highest BCUT2D eigenvalue weighted by Crippen LogP contribution is 2.30. The number of likely N-dealkylation sites (tertiary alicyclic amines) is 1. The van der Waals surface area contributed by atoms with Gasteiger partial charge in [-0.1, -0.05) is 11.6 Å². The van der Waals surface area contributed by atoms with Gasteiger partial charge in [-0.05, 0) is 39.8 Å². The van der Waals surface area contributed by atoms with Gasteiger partial charge in [0, 0.05) is 13.2 Å². The predicted molar refractivity (Wildman–Crippen MR) is 84.0 cm³/mol. The summed E-state index contributed by atoms with van der Waals surface area (Å²) >= 11 is 0. The van der Waals surface area contributed by atoms with Gasteiger partial charge in [0.05, 0.1) is 5.54 Å². The molecule has 3 heterocycles. The average molecular weight is 319 g/mol. The molecule has 0 unspecified atom stereocenters. The second kappa shape index (κ2) is 5.77. The number of aromatic nitrogens is 4. The minimum atomic E-state index is -0.517. The van der Waals surface area contributed by atoms with Gasteiger partial charge < -0.3 is 9.09 Å². The number of rotatable bonds is 3. The Morgan fingerprint density at radius 1 is 1.22 bits per heavy atom. The van der Waals surface area contributed by atoms with Crippen molar-refractivity contribution in [3.05, 3.63) is 32.9 Å². The molecule has 1 N–H and O–H groups in total. The molecule has 0 spiro atoms.